The molecule has 0 saturated carbocycles. The van der Waals surface area contributed by atoms with E-state index in [9.17, 15) is 0 Å². The van der Waals surface area contributed by atoms with E-state index in [4.69, 9.17) is 27.4 Å². The van der Waals surface area contributed by atoms with Crippen molar-refractivity contribution in [1.29, 1.82) is 0 Å². The predicted octanol–water partition coefficient (Wildman–Crippen LogP) is 1.25. The van der Waals surface area contributed by atoms with Crippen molar-refractivity contribution in [2.75, 3.05) is 13.2 Å². The van der Waals surface area contributed by atoms with Crippen molar-refractivity contribution in [2.45, 2.75) is 38.4 Å². The van der Waals surface area contributed by atoms with Crippen LogP contribution in [-0.2, 0) is 9.47 Å². The quantitative estimate of drug-likeness (QED) is 0.683. The molecular weight excluding hydrogens is 186 g/mol. The van der Waals surface area contributed by atoms with Crippen LogP contribution in [0, 0.1) is 0 Å². The van der Waals surface area contributed by atoms with Crippen LogP contribution in [0.1, 0.15) is 26.2 Å². The van der Waals surface area contributed by atoms with Gasteiger partial charge in [0.2, 0.25) is 0 Å². The predicted molar refractivity (Wildman–Crippen MR) is 55.8 cm³/mol. The fourth-order valence-corrected chi connectivity index (χ4v) is 1.62. The normalized spacial score (nSPS) is 24.5. The van der Waals surface area contributed by atoms with Gasteiger partial charge in [-0.3, -0.25) is 0 Å². The molecule has 0 aromatic heterocycles. The van der Waals surface area contributed by atoms with Gasteiger partial charge in [-0.2, -0.15) is 0 Å². The summed E-state index contributed by atoms with van der Waals surface area (Å²) in [5.74, 6) is 0. The Morgan fingerprint density at radius 3 is 3.08 bits per heavy atom. The molecule has 1 fully saturated rings. The van der Waals surface area contributed by atoms with Crippen LogP contribution in [0.4, 0.5) is 0 Å². The molecule has 2 unspecified atom stereocenters. The average molecular weight is 203 g/mol. The highest BCUT2D eigenvalue weighted by atomic mass is 32.1. The summed E-state index contributed by atoms with van der Waals surface area (Å²) in [5.41, 5.74) is 5.40. The van der Waals surface area contributed by atoms with Gasteiger partial charge in [0.25, 0.3) is 0 Å². The van der Waals surface area contributed by atoms with Gasteiger partial charge in [0.1, 0.15) is 0 Å². The third-order valence-corrected chi connectivity index (χ3v) is 2.25. The SMILES string of the molecule is CC(CC(N)=S)OCC1CCCO1. The van der Waals surface area contributed by atoms with E-state index in [1.165, 1.54) is 0 Å². The zero-order valence-corrected chi connectivity index (χ0v) is 8.81. The second kappa shape index (κ2) is 5.52. The summed E-state index contributed by atoms with van der Waals surface area (Å²) < 4.78 is 11.0. The molecule has 0 aromatic rings. The fourth-order valence-electron chi connectivity index (χ4n) is 1.39. The molecule has 0 aliphatic carbocycles. The van der Waals surface area contributed by atoms with E-state index < -0.39 is 0 Å². The van der Waals surface area contributed by atoms with Crippen LogP contribution >= 0.6 is 12.2 Å². The molecule has 76 valence electrons. The van der Waals surface area contributed by atoms with Gasteiger partial charge in [-0.25, -0.2) is 0 Å². The van der Waals surface area contributed by atoms with E-state index in [1.54, 1.807) is 0 Å². The van der Waals surface area contributed by atoms with Crippen molar-refractivity contribution in [3.63, 3.8) is 0 Å². The first-order chi connectivity index (χ1) is 6.18. The number of nitrogens with two attached hydrogens (primary N) is 1. The lowest BCUT2D eigenvalue weighted by atomic mass is 10.2. The Balaban J connectivity index is 2.06. The van der Waals surface area contributed by atoms with Crippen LogP contribution < -0.4 is 5.73 Å². The van der Waals surface area contributed by atoms with Gasteiger partial charge < -0.3 is 15.2 Å². The first kappa shape index (κ1) is 10.9. The van der Waals surface area contributed by atoms with E-state index in [0.29, 0.717) is 18.0 Å². The lowest BCUT2D eigenvalue weighted by Gasteiger charge is -2.15. The zero-order valence-electron chi connectivity index (χ0n) is 7.99. The highest BCUT2D eigenvalue weighted by Gasteiger charge is 2.16. The van der Waals surface area contributed by atoms with Crippen LogP contribution in [-0.4, -0.2) is 30.4 Å². The Labute approximate surface area is 84.6 Å². The number of rotatable bonds is 5. The van der Waals surface area contributed by atoms with E-state index >= 15 is 0 Å². The van der Waals surface area contributed by atoms with E-state index in [1.807, 2.05) is 6.92 Å². The molecule has 2 N–H and O–H groups in total. The molecule has 1 aliphatic heterocycles. The van der Waals surface area contributed by atoms with Gasteiger partial charge in [-0.05, 0) is 19.8 Å². The smallest absolute Gasteiger partial charge is 0.0809 e. The topological polar surface area (TPSA) is 44.5 Å². The standard InChI is InChI=1S/C9H17NO2S/c1-7(5-9(10)13)12-6-8-3-2-4-11-8/h7-8H,2-6H2,1H3,(H2,10,13). The van der Waals surface area contributed by atoms with Gasteiger partial charge >= 0.3 is 0 Å². The van der Waals surface area contributed by atoms with Crippen LogP contribution in [0.2, 0.25) is 0 Å². The minimum absolute atomic E-state index is 0.113. The molecule has 1 heterocycles. The summed E-state index contributed by atoms with van der Waals surface area (Å²) in [6.07, 6.45) is 3.31. The van der Waals surface area contributed by atoms with Crippen molar-refractivity contribution in [1.82, 2.24) is 0 Å². The van der Waals surface area contributed by atoms with Crippen molar-refractivity contribution in [3.8, 4) is 0 Å². The van der Waals surface area contributed by atoms with Crippen LogP contribution in [0.3, 0.4) is 0 Å². The van der Waals surface area contributed by atoms with Gasteiger partial charge in [-0.1, -0.05) is 12.2 Å². The Bertz CT molecular complexity index is 169. The minimum Gasteiger partial charge on any atom is -0.393 e. The molecule has 13 heavy (non-hydrogen) atoms. The van der Waals surface area contributed by atoms with Crippen molar-refractivity contribution in [2.24, 2.45) is 5.73 Å². The zero-order chi connectivity index (χ0) is 9.68. The molecule has 2 atom stereocenters. The number of hydrogen-bond donors (Lipinski definition) is 1. The first-order valence-corrected chi connectivity index (χ1v) is 5.11. The second-order valence-electron chi connectivity index (χ2n) is 3.45. The molecule has 1 rings (SSSR count). The Kier molecular flexibility index (Phi) is 4.62. The van der Waals surface area contributed by atoms with Crippen LogP contribution in [0.25, 0.3) is 0 Å². The Hall–Kier alpha value is -0.190. The molecule has 0 radical (unpaired) electrons. The summed E-state index contributed by atoms with van der Waals surface area (Å²) in [5, 5.41) is 0. The Morgan fingerprint density at radius 1 is 1.77 bits per heavy atom. The van der Waals surface area contributed by atoms with E-state index in [2.05, 4.69) is 0 Å². The summed E-state index contributed by atoms with van der Waals surface area (Å²) in [6.45, 7) is 3.52. The number of hydrogen-bond acceptors (Lipinski definition) is 3. The first-order valence-electron chi connectivity index (χ1n) is 4.70. The Morgan fingerprint density at radius 2 is 2.54 bits per heavy atom. The lowest BCUT2D eigenvalue weighted by molar-refractivity contribution is -0.0112. The van der Waals surface area contributed by atoms with Crippen molar-refractivity contribution >= 4 is 17.2 Å². The maximum atomic E-state index is 5.54. The molecule has 0 amide bonds. The maximum Gasteiger partial charge on any atom is 0.0809 e. The maximum absolute atomic E-state index is 5.54. The van der Waals surface area contributed by atoms with Gasteiger partial charge in [0.05, 0.1) is 23.8 Å². The largest absolute Gasteiger partial charge is 0.393 e. The van der Waals surface area contributed by atoms with Gasteiger partial charge in [-0.15, -0.1) is 0 Å². The molecule has 0 aromatic carbocycles. The molecular formula is C9H17NO2S. The van der Waals surface area contributed by atoms with E-state index in [-0.39, 0.29) is 12.2 Å². The summed E-state index contributed by atoms with van der Waals surface area (Å²) in [7, 11) is 0. The number of thiocarbonyl (C=S) groups is 1. The van der Waals surface area contributed by atoms with Crippen LogP contribution in [0.15, 0.2) is 0 Å². The molecule has 0 bridgehead atoms. The van der Waals surface area contributed by atoms with Gasteiger partial charge in [0.15, 0.2) is 0 Å². The molecule has 4 heteroatoms. The van der Waals surface area contributed by atoms with Crippen LogP contribution in [0.5, 0.6) is 0 Å². The summed E-state index contributed by atoms with van der Waals surface area (Å²) in [4.78, 5) is 0.514. The average Bonchev–Trinajstić information content (AvgIpc) is 2.51. The van der Waals surface area contributed by atoms with Gasteiger partial charge in [0, 0.05) is 13.0 Å². The molecule has 1 aliphatic rings. The minimum atomic E-state index is 0.113. The third kappa shape index (κ3) is 4.55. The number of ether oxygens (including phenoxy) is 2. The second-order valence-corrected chi connectivity index (χ2v) is 3.97. The van der Waals surface area contributed by atoms with E-state index in [0.717, 1.165) is 19.4 Å². The third-order valence-electron chi connectivity index (χ3n) is 2.08. The van der Waals surface area contributed by atoms with Crippen molar-refractivity contribution in [3.05, 3.63) is 0 Å². The monoisotopic (exact) mass is 203 g/mol. The lowest BCUT2D eigenvalue weighted by Crippen LogP contribution is -2.23. The van der Waals surface area contributed by atoms with Crippen molar-refractivity contribution < 1.29 is 9.47 Å². The molecule has 1 saturated heterocycles. The highest BCUT2D eigenvalue weighted by molar-refractivity contribution is 7.80. The molecule has 3 nitrogen and oxygen atoms in total. The molecule has 0 spiro atoms. The fraction of sp³-hybridized carbons (Fsp3) is 0.889. The summed E-state index contributed by atoms with van der Waals surface area (Å²) in [6, 6.07) is 0. The summed E-state index contributed by atoms with van der Waals surface area (Å²) >= 11 is 4.79. The highest BCUT2D eigenvalue weighted by Crippen LogP contribution is 2.13.